The molecular weight excluding hydrogens is 306 g/mol. The summed E-state index contributed by atoms with van der Waals surface area (Å²) in [5, 5.41) is 18.2. The molecule has 2 N–H and O–H groups in total. The summed E-state index contributed by atoms with van der Waals surface area (Å²) in [6, 6.07) is 14.2. The standard InChI is InChI=1S/C17H17N5O2/c1-11(2)18-16-14-8-3-4-9-15(14)20-17(21-16)19-12-6-5-7-13(10-12)22(23)24/h3-11H,1-2H3,(H2,18,19,20,21). The molecule has 1 aromatic heterocycles. The summed E-state index contributed by atoms with van der Waals surface area (Å²) in [4.78, 5) is 19.4. The van der Waals surface area contributed by atoms with E-state index in [-0.39, 0.29) is 11.7 Å². The molecule has 0 unspecified atom stereocenters. The van der Waals surface area contributed by atoms with Crippen molar-refractivity contribution in [2.45, 2.75) is 19.9 Å². The fraction of sp³-hybridized carbons (Fsp3) is 0.176. The lowest BCUT2D eigenvalue weighted by Gasteiger charge is -2.13. The molecule has 0 atom stereocenters. The Balaban J connectivity index is 2.00. The third-order valence-corrected chi connectivity index (χ3v) is 3.34. The molecule has 0 saturated carbocycles. The molecule has 24 heavy (non-hydrogen) atoms. The lowest BCUT2D eigenvalue weighted by molar-refractivity contribution is -0.384. The Kier molecular flexibility index (Phi) is 4.24. The highest BCUT2D eigenvalue weighted by Crippen LogP contribution is 2.25. The molecule has 1 heterocycles. The van der Waals surface area contributed by atoms with Crippen molar-refractivity contribution < 1.29 is 4.92 Å². The molecule has 0 fully saturated rings. The zero-order valence-electron chi connectivity index (χ0n) is 13.4. The Labute approximate surface area is 138 Å². The lowest BCUT2D eigenvalue weighted by Crippen LogP contribution is -2.12. The first kappa shape index (κ1) is 15.7. The van der Waals surface area contributed by atoms with Crippen LogP contribution in [0.25, 0.3) is 10.9 Å². The maximum atomic E-state index is 10.9. The second-order valence-electron chi connectivity index (χ2n) is 5.64. The third kappa shape index (κ3) is 3.40. The van der Waals surface area contributed by atoms with Crippen LogP contribution in [0.5, 0.6) is 0 Å². The van der Waals surface area contributed by atoms with Crippen LogP contribution < -0.4 is 10.6 Å². The SMILES string of the molecule is CC(C)Nc1nc(Nc2cccc([N+](=O)[O-])c2)nc2ccccc12. The van der Waals surface area contributed by atoms with Gasteiger partial charge in [0.15, 0.2) is 0 Å². The van der Waals surface area contributed by atoms with Gasteiger partial charge in [0.1, 0.15) is 5.82 Å². The number of nitro benzene ring substituents is 1. The van der Waals surface area contributed by atoms with E-state index in [1.54, 1.807) is 12.1 Å². The van der Waals surface area contributed by atoms with Gasteiger partial charge < -0.3 is 10.6 Å². The molecule has 0 spiro atoms. The zero-order valence-corrected chi connectivity index (χ0v) is 13.4. The van der Waals surface area contributed by atoms with Gasteiger partial charge in [-0.25, -0.2) is 4.98 Å². The number of rotatable bonds is 5. The smallest absolute Gasteiger partial charge is 0.271 e. The van der Waals surface area contributed by atoms with Gasteiger partial charge in [0.2, 0.25) is 5.95 Å². The Bertz CT molecular complexity index is 895. The van der Waals surface area contributed by atoms with E-state index in [1.165, 1.54) is 12.1 Å². The van der Waals surface area contributed by atoms with Gasteiger partial charge in [-0.3, -0.25) is 10.1 Å². The number of nitrogens with zero attached hydrogens (tertiary/aromatic N) is 3. The van der Waals surface area contributed by atoms with Crippen LogP contribution in [0, 0.1) is 10.1 Å². The van der Waals surface area contributed by atoms with Crippen molar-refractivity contribution in [3.63, 3.8) is 0 Å². The fourth-order valence-electron chi connectivity index (χ4n) is 2.34. The van der Waals surface area contributed by atoms with Crippen molar-refractivity contribution in [2.75, 3.05) is 10.6 Å². The van der Waals surface area contributed by atoms with E-state index >= 15 is 0 Å². The van der Waals surface area contributed by atoms with Gasteiger partial charge in [-0.1, -0.05) is 18.2 Å². The Hall–Kier alpha value is -3.22. The number of hydrogen-bond donors (Lipinski definition) is 2. The van der Waals surface area contributed by atoms with Crippen LogP contribution in [0.4, 0.5) is 23.1 Å². The summed E-state index contributed by atoms with van der Waals surface area (Å²) in [5.41, 5.74) is 1.37. The number of nitro groups is 1. The summed E-state index contributed by atoms with van der Waals surface area (Å²) in [6.45, 7) is 4.06. The molecule has 0 amide bonds. The van der Waals surface area contributed by atoms with E-state index in [2.05, 4.69) is 20.6 Å². The monoisotopic (exact) mass is 323 g/mol. The molecule has 0 radical (unpaired) electrons. The second kappa shape index (κ2) is 6.49. The number of fused-ring (bicyclic) bond motifs is 1. The molecule has 0 aliphatic carbocycles. The molecule has 7 heteroatoms. The molecule has 0 aliphatic heterocycles. The van der Waals surface area contributed by atoms with E-state index in [1.807, 2.05) is 38.1 Å². The van der Waals surface area contributed by atoms with Crippen LogP contribution in [0.15, 0.2) is 48.5 Å². The third-order valence-electron chi connectivity index (χ3n) is 3.34. The summed E-state index contributed by atoms with van der Waals surface area (Å²) in [5.74, 6) is 1.11. The number of nitrogens with one attached hydrogen (secondary N) is 2. The minimum atomic E-state index is -0.432. The molecule has 0 bridgehead atoms. The molecule has 2 aromatic carbocycles. The number of hydrogen-bond acceptors (Lipinski definition) is 6. The van der Waals surface area contributed by atoms with Gasteiger partial charge in [0.05, 0.1) is 10.4 Å². The highest BCUT2D eigenvalue weighted by atomic mass is 16.6. The maximum Gasteiger partial charge on any atom is 0.271 e. The van der Waals surface area contributed by atoms with Crippen molar-refractivity contribution >= 4 is 34.0 Å². The van der Waals surface area contributed by atoms with E-state index in [0.717, 1.165) is 16.7 Å². The number of non-ortho nitro benzene ring substituents is 1. The predicted molar refractivity (Wildman–Crippen MR) is 94.7 cm³/mol. The Morgan fingerprint density at radius 2 is 1.88 bits per heavy atom. The zero-order chi connectivity index (χ0) is 17.1. The van der Waals surface area contributed by atoms with Crippen LogP contribution >= 0.6 is 0 Å². The van der Waals surface area contributed by atoms with Crippen molar-refractivity contribution in [3.8, 4) is 0 Å². The number of aromatic nitrogens is 2. The van der Waals surface area contributed by atoms with E-state index in [0.29, 0.717) is 11.6 Å². The Morgan fingerprint density at radius 3 is 2.62 bits per heavy atom. The normalized spacial score (nSPS) is 10.8. The topological polar surface area (TPSA) is 93.0 Å². The summed E-state index contributed by atoms with van der Waals surface area (Å²) in [6.07, 6.45) is 0. The molecule has 0 aliphatic rings. The molecule has 122 valence electrons. The van der Waals surface area contributed by atoms with Crippen LogP contribution in [0.3, 0.4) is 0 Å². The minimum Gasteiger partial charge on any atom is -0.367 e. The Morgan fingerprint density at radius 1 is 1.08 bits per heavy atom. The van der Waals surface area contributed by atoms with Crippen molar-refractivity contribution in [3.05, 3.63) is 58.6 Å². The van der Waals surface area contributed by atoms with E-state index in [9.17, 15) is 10.1 Å². The van der Waals surface area contributed by atoms with Crippen LogP contribution in [-0.2, 0) is 0 Å². The van der Waals surface area contributed by atoms with Gasteiger partial charge in [-0.2, -0.15) is 4.98 Å². The van der Waals surface area contributed by atoms with Gasteiger partial charge in [0.25, 0.3) is 5.69 Å². The van der Waals surface area contributed by atoms with E-state index < -0.39 is 4.92 Å². The van der Waals surface area contributed by atoms with Gasteiger partial charge in [-0.05, 0) is 32.0 Å². The molecular formula is C17H17N5O2. The van der Waals surface area contributed by atoms with Crippen LogP contribution in [-0.4, -0.2) is 20.9 Å². The lowest BCUT2D eigenvalue weighted by atomic mass is 10.2. The van der Waals surface area contributed by atoms with Crippen molar-refractivity contribution in [2.24, 2.45) is 0 Å². The summed E-state index contributed by atoms with van der Waals surface area (Å²) < 4.78 is 0. The number of anilines is 3. The van der Waals surface area contributed by atoms with E-state index in [4.69, 9.17) is 0 Å². The largest absolute Gasteiger partial charge is 0.367 e. The number of benzene rings is 2. The highest BCUT2D eigenvalue weighted by Gasteiger charge is 2.10. The highest BCUT2D eigenvalue weighted by molar-refractivity contribution is 5.90. The predicted octanol–water partition coefficient (Wildman–Crippen LogP) is 4.10. The maximum absolute atomic E-state index is 10.9. The van der Waals surface area contributed by atoms with Gasteiger partial charge >= 0.3 is 0 Å². The first-order chi connectivity index (χ1) is 11.5. The van der Waals surface area contributed by atoms with Gasteiger partial charge in [-0.15, -0.1) is 0 Å². The quantitative estimate of drug-likeness (QED) is 0.542. The second-order valence-corrected chi connectivity index (χ2v) is 5.64. The molecule has 0 saturated heterocycles. The first-order valence-electron chi connectivity index (χ1n) is 7.58. The van der Waals surface area contributed by atoms with Gasteiger partial charge in [0, 0.05) is 29.2 Å². The van der Waals surface area contributed by atoms with Crippen LogP contribution in [0.1, 0.15) is 13.8 Å². The molecule has 3 aromatic rings. The van der Waals surface area contributed by atoms with Crippen molar-refractivity contribution in [1.29, 1.82) is 0 Å². The van der Waals surface area contributed by atoms with Crippen molar-refractivity contribution in [1.82, 2.24) is 9.97 Å². The molecule has 7 nitrogen and oxygen atoms in total. The summed E-state index contributed by atoms with van der Waals surface area (Å²) in [7, 11) is 0. The molecule has 3 rings (SSSR count). The van der Waals surface area contributed by atoms with Crippen LogP contribution in [0.2, 0.25) is 0 Å². The number of para-hydroxylation sites is 1. The first-order valence-corrected chi connectivity index (χ1v) is 7.58. The fourth-order valence-corrected chi connectivity index (χ4v) is 2.34. The summed E-state index contributed by atoms with van der Waals surface area (Å²) >= 11 is 0. The minimum absolute atomic E-state index is 0.0151. The average molecular weight is 323 g/mol. The average Bonchev–Trinajstić information content (AvgIpc) is 2.54.